The summed E-state index contributed by atoms with van der Waals surface area (Å²) in [6.07, 6.45) is -0.710. The number of carbonyl (C=O) groups is 2. The lowest BCUT2D eigenvalue weighted by atomic mass is 10.2. The number of hydrogen-bond donors (Lipinski definition) is 1. The summed E-state index contributed by atoms with van der Waals surface area (Å²) in [5, 5.41) is 2.67. The average Bonchev–Trinajstić information content (AvgIpc) is 2.94. The molecule has 124 valence electrons. The zero-order valence-corrected chi connectivity index (χ0v) is 12.4. The lowest BCUT2D eigenvalue weighted by molar-refractivity contribution is -0.165. The third-order valence-electron chi connectivity index (χ3n) is 3.54. The van der Waals surface area contributed by atoms with Gasteiger partial charge in [-0.1, -0.05) is 6.07 Å². The first kappa shape index (κ1) is 17.0. The summed E-state index contributed by atoms with van der Waals surface area (Å²) in [6.45, 7) is 2.21. The quantitative estimate of drug-likeness (QED) is 0.863. The predicted molar refractivity (Wildman–Crippen MR) is 77.5 cm³/mol. The fraction of sp³-hybridized carbons (Fsp3) is 0.400. The highest BCUT2D eigenvalue weighted by atomic mass is 19.4. The van der Waals surface area contributed by atoms with Crippen molar-refractivity contribution in [3.8, 4) is 0 Å². The molecule has 23 heavy (non-hydrogen) atoms. The highest BCUT2D eigenvalue weighted by molar-refractivity contribution is 5.96. The highest BCUT2D eigenvalue weighted by Gasteiger charge is 2.37. The van der Waals surface area contributed by atoms with E-state index in [0.717, 1.165) is 11.8 Å². The number of aromatic nitrogens is 1. The summed E-state index contributed by atoms with van der Waals surface area (Å²) in [5.74, 6) is -1.88. The summed E-state index contributed by atoms with van der Waals surface area (Å²) in [4.78, 5) is 28.7. The first-order chi connectivity index (χ1) is 10.8. The molecule has 2 heterocycles. The maximum Gasteiger partial charge on any atom is 0.454 e. The number of pyridine rings is 1. The number of amides is 1. The molecule has 5 nitrogen and oxygen atoms in total. The van der Waals surface area contributed by atoms with Crippen LogP contribution in [0, 0.1) is 6.92 Å². The number of alkyl halides is 3. The fourth-order valence-corrected chi connectivity index (χ4v) is 2.32. The van der Waals surface area contributed by atoms with Gasteiger partial charge in [-0.05, 0) is 31.4 Å². The van der Waals surface area contributed by atoms with Crippen molar-refractivity contribution in [1.82, 2.24) is 9.88 Å². The third kappa shape index (κ3) is 4.30. The molecule has 1 saturated heterocycles. The Hall–Kier alpha value is -2.38. The van der Waals surface area contributed by atoms with Gasteiger partial charge in [0.05, 0.1) is 0 Å². The Morgan fingerprint density at radius 3 is 2.83 bits per heavy atom. The molecule has 1 aliphatic heterocycles. The van der Waals surface area contributed by atoms with Crippen molar-refractivity contribution in [2.24, 2.45) is 0 Å². The Balaban J connectivity index is 2.04. The first-order valence-electron chi connectivity index (χ1n) is 7.06. The second-order valence-electron chi connectivity index (χ2n) is 5.23. The van der Waals surface area contributed by atoms with Gasteiger partial charge >= 0.3 is 6.18 Å². The minimum Gasteiger partial charge on any atom is -0.365 e. The Morgan fingerprint density at radius 1 is 1.43 bits per heavy atom. The molecule has 1 atom stereocenters. The molecule has 1 N–H and O–H groups in total. The van der Waals surface area contributed by atoms with E-state index in [1.807, 2.05) is 0 Å². The summed E-state index contributed by atoms with van der Waals surface area (Å²) in [6, 6.07) is 2.91. The van der Waals surface area contributed by atoms with E-state index in [1.165, 1.54) is 11.1 Å². The number of hydrogen-bond acceptors (Lipinski definition) is 4. The zero-order chi connectivity index (χ0) is 17.0. The van der Waals surface area contributed by atoms with Gasteiger partial charge < -0.3 is 10.2 Å². The third-order valence-corrected chi connectivity index (χ3v) is 3.54. The van der Waals surface area contributed by atoms with Crippen LogP contribution in [0.5, 0.6) is 0 Å². The summed E-state index contributed by atoms with van der Waals surface area (Å²) < 4.78 is 36.6. The number of nitrogens with zero attached hydrogens (tertiary/aromatic N) is 2. The van der Waals surface area contributed by atoms with Crippen LogP contribution >= 0.6 is 0 Å². The van der Waals surface area contributed by atoms with E-state index in [1.54, 1.807) is 19.1 Å². The lowest BCUT2D eigenvalue weighted by Gasteiger charge is -2.22. The van der Waals surface area contributed by atoms with Gasteiger partial charge in [0.1, 0.15) is 11.9 Å². The van der Waals surface area contributed by atoms with Crippen LogP contribution in [0.15, 0.2) is 30.6 Å². The number of aryl methyl sites for hydroxylation is 1. The normalized spacial score (nSPS) is 18.4. The van der Waals surface area contributed by atoms with E-state index in [9.17, 15) is 22.8 Å². The van der Waals surface area contributed by atoms with Crippen LogP contribution in [0.4, 0.5) is 19.0 Å². The largest absolute Gasteiger partial charge is 0.454 e. The van der Waals surface area contributed by atoms with Crippen LogP contribution < -0.4 is 5.32 Å². The second kappa shape index (κ2) is 6.80. The number of nitrogens with one attached hydrogen (secondary N) is 1. The number of carbonyl (C=O) groups excluding carboxylic acids is 2. The van der Waals surface area contributed by atoms with Gasteiger partial charge in [0.2, 0.25) is 5.91 Å². The first-order valence-corrected chi connectivity index (χ1v) is 7.06. The zero-order valence-electron chi connectivity index (χ0n) is 12.4. The molecular weight excluding hydrogens is 311 g/mol. The number of allylic oxidation sites excluding steroid dienone is 1. The molecule has 8 heteroatoms. The van der Waals surface area contributed by atoms with E-state index in [0.29, 0.717) is 31.3 Å². The van der Waals surface area contributed by atoms with E-state index >= 15 is 0 Å². The van der Waals surface area contributed by atoms with Gasteiger partial charge in [-0.25, -0.2) is 4.98 Å². The van der Waals surface area contributed by atoms with Gasteiger partial charge in [0.25, 0.3) is 5.78 Å². The van der Waals surface area contributed by atoms with Crippen molar-refractivity contribution in [3.05, 3.63) is 36.2 Å². The minimum atomic E-state index is -4.90. The molecule has 1 aliphatic rings. The number of anilines is 1. The van der Waals surface area contributed by atoms with Crippen molar-refractivity contribution in [2.45, 2.75) is 32.0 Å². The molecule has 1 fully saturated rings. The molecule has 2 rings (SSSR count). The molecular formula is C15H16F3N3O2. The molecule has 0 bridgehead atoms. The molecule has 0 saturated carbocycles. The maximum atomic E-state index is 12.3. The van der Waals surface area contributed by atoms with Crippen molar-refractivity contribution in [2.75, 3.05) is 11.9 Å². The summed E-state index contributed by atoms with van der Waals surface area (Å²) in [7, 11) is 0. The SMILES string of the molecule is Cc1cccnc1NC(=O)C1CCCN1/C=C/C(=O)C(F)(F)F. The van der Waals surface area contributed by atoms with E-state index in [-0.39, 0.29) is 5.91 Å². The molecule has 1 amide bonds. The van der Waals surface area contributed by atoms with E-state index < -0.39 is 18.0 Å². The Bertz CT molecular complexity index is 629. The van der Waals surface area contributed by atoms with Crippen LogP contribution in [0.2, 0.25) is 0 Å². The Kier molecular flexibility index (Phi) is 5.02. The molecule has 0 aliphatic carbocycles. The molecule has 0 spiro atoms. The average molecular weight is 327 g/mol. The van der Waals surface area contributed by atoms with Crippen molar-refractivity contribution >= 4 is 17.5 Å². The van der Waals surface area contributed by atoms with E-state index in [2.05, 4.69) is 10.3 Å². The maximum absolute atomic E-state index is 12.3. The van der Waals surface area contributed by atoms with Crippen LogP contribution in [-0.2, 0) is 9.59 Å². The lowest BCUT2D eigenvalue weighted by Crippen LogP contribution is -2.37. The van der Waals surface area contributed by atoms with Crippen molar-refractivity contribution in [1.29, 1.82) is 0 Å². The van der Waals surface area contributed by atoms with Crippen molar-refractivity contribution < 1.29 is 22.8 Å². The topological polar surface area (TPSA) is 62.3 Å². The fourth-order valence-electron chi connectivity index (χ4n) is 2.32. The highest BCUT2D eigenvalue weighted by Crippen LogP contribution is 2.21. The molecule has 1 aromatic rings. The monoisotopic (exact) mass is 327 g/mol. The van der Waals surface area contributed by atoms with Crippen LogP contribution in [0.25, 0.3) is 0 Å². The summed E-state index contributed by atoms with van der Waals surface area (Å²) in [5.41, 5.74) is 0.785. The predicted octanol–water partition coefficient (Wildman–Crippen LogP) is 2.44. The Morgan fingerprint density at radius 2 is 2.17 bits per heavy atom. The number of rotatable bonds is 4. The van der Waals surface area contributed by atoms with Gasteiger partial charge in [0.15, 0.2) is 0 Å². The molecule has 0 aromatic carbocycles. The molecule has 1 unspecified atom stereocenters. The smallest absolute Gasteiger partial charge is 0.365 e. The number of likely N-dealkylation sites (tertiary alicyclic amines) is 1. The summed E-state index contributed by atoms with van der Waals surface area (Å²) >= 11 is 0. The minimum absolute atomic E-state index is 0.353. The van der Waals surface area contributed by atoms with Crippen LogP contribution in [0.3, 0.4) is 0 Å². The van der Waals surface area contributed by atoms with Gasteiger partial charge in [0, 0.05) is 25.0 Å². The van der Waals surface area contributed by atoms with Gasteiger partial charge in [-0.15, -0.1) is 0 Å². The molecule has 1 aromatic heterocycles. The number of ketones is 1. The second-order valence-corrected chi connectivity index (χ2v) is 5.23. The molecule has 0 radical (unpaired) electrons. The van der Waals surface area contributed by atoms with E-state index in [4.69, 9.17) is 0 Å². The van der Waals surface area contributed by atoms with Gasteiger partial charge in [-0.2, -0.15) is 13.2 Å². The standard InChI is InChI=1S/C15H16F3N3O2/c1-10-4-2-7-19-13(10)20-14(23)11-5-3-8-21(11)9-6-12(22)15(16,17)18/h2,4,6-7,9,11H,3,5,8H2,1H3,(H,19,20,23)/b9-6+. The Labute approximate surface area is 131 Å². The van der Waals surface area contributed by atoms with Crippen molar-refractivity contribution in [3.63, 3.8) is 0 Å². The van der Waals surface area contributed by atoms with Crippen LogP contribution in [0.1, 0.15) is 18.4 Å². The van der Waals surface area contributed by atoms with Gasteiger partial charge in [-0.3, -0.25) is 9.59 Å². The number of halogens is 3. The van der Waals surface area contributed by atoms with Crippen LogP contribution in [-0.4, -0.2) is 40.3 Å².